The number of benzene rings is 4. The van der Waals surface area contributed by atoms with Crippen LogP contribution in [0.15, 0.2) is 106 Å². The van der Waals surface area contributed by atoms with Gasteiger partial charge in [-0.05, 0) is 85.6 Å². The lowest BCUT2D eigenvalue weighted by atomic mass is 10.2. The summed E-state index contributed by atoms with van der Waals surface area (Å²) in [5.74, 6) is 0.864. The summed E-state index contributed by atoms with van der Waals surface area (Å²) in [7, 11) is 0. The van der Waals surface area contributed by atoms with E-state index in [1.165, 1.54) is 0 Å². The molecule has 0 aliphatic carbocycles. The monoisotopic (exact) mass is 664 g/mol. The molecule has 0 unspecified atom stereocenters. The second-order valence-corrected chi connectivity index (χ2v) is 11.0. The van der Waals surface area contributed by atoms with Gasteiger partial charge in [-0.3, -0.25) is 9.59 Å². The lowest BCUT2D eigenvalue weighted by molar-refractivity contribution is -0.122. The minimum absolute atomic E-state index is 0.136. The molecule has 0 radical (unpaired) electrons. The maximum absolute atomic E-state index is 13.4. The lowest BCUT2D eigenvalue weighted by Crippen LogP contribution is -2.44. The first-order chi connectivity index (χ1) is 19.3. The van der Waals surface area contributed by atoms with Gasteiger partial charge in [0.2, 0.25) is 0 Å². The number of nitrogens with zero attached hydrogens (tertiary/aromatic N) is 2. The lowest BCUT2D eigenvalue weighted by Gasteiger charge is -2.28. The number of amides is 2. The fraction of sp³-hybridized carbons (Fsp3) is 0.188. The first-order valence-electron chi connectivity index (χ1n) is 12.8. The Morgan fingerprint density at radius 2 is 0.975 bits per heavy atom. The summed E-state index contributed by atoms with van der Waals surface area (Å²) in [6, 6.07) is 30.1. The van der Waals surface area contributed by atoms with Crippen molar-refractivity contribution >= 4 is 55.0 Å². The van der Waals surface area contributed by atoms with Crippen molar-refractivity contribution in [2.24, 2.45) is 0 Å². The van der Waals surface area contributed by atoms with E-state index >= 15 is 0 Å². The van der Waals surface area contributed by atoms with Crippen molar-refractivity contribution in [2.75, 3.05) is 36.1 Å². The highest BCUT2D eigenvalue weighted by atomic mass is 79.9. The topological polar surface area (TPSA) is 59.1 Å². The van der Waals surface area contributed by atoms with Crippen LogP contribution >= 0.6 is 31.9 Å². The van der Waals surface area contributed by atoms with E-state index in [2.05, 4.69) is 31.9 Å². The number of hydrogen-bond acceptors (Lipinski definition) is 4. The Labute approximate surface area is 251 Å². The standard InChI is InChI=1S/C32H30Br2N2O4/c1-23-19-25(33)13-15-29(23)39-21-31(37)35(27-9-5-3-6-10-27)17-18-36(28-11-7-4-8-12-28)32(38)22-40-30-16-14-26(34)20-24(30)2/h3-16,19-20H,17-18,21-22H2,1-2H3. The van der Waals surface area contributed by atoms with Gasteiger partial charge in [0.15, 0.2) is 13.2 Å². The molecule has 0 atom stereocenters. The van der Waals surface area contributed by atoms with Gasteiger partial charge in [0, 0.05) is 33.4 Å². The molecule has 0 bridgehead atoms. The number of aryl methyl sites for hydroxylation is 2. The minimum Gasteiger partial charge on any atom is -0.483 e. The van der Waals surface area contributed by atoms with Gasteiger partial charge in [-0.1, -0.05) is 68.3 Å². The fourth-order valence-electron chi connectivity index (χ4n) is 4.20. The molecule has 0 aromatic heterocycles. The highest BCUT2D eigenvalue weighted by Gasteiger charge is 2.22. The van der Waals surface area contributed by atoms with E-state index in [-0.39, 0.29) is 38.1 Å². The van der Waals surface area contributed by atoms with E-state index in [0.717, 1.165) is 31.4 Å². The summed E-state index contributed by atoms with van der Waals surface area (Å²) in [6.45, 7) is 4.12. The van der Waals surface area contributed by atoms with Gasteiger partial charge in [0.25, 0.3) is 11.8 Å². The maximum atomic E-state index is 13.4. The molecule has 0 fully saturated rings. The Morgan fingerprint density at radius 1 is 0.600 bits per heavy atom. The predicted molar refractivity (Wildman–Crippen MR) is 166 cm³/mol. The number of rotatable bonds is 11. The molecule has 0 aliphatic rings. The van der Waals surface area contributed by atoms with Crippen LogP contribution in [-0.4, -0.2) is 38.1 Å². The Hall–Kier alpha value is -3.62. The van der Waals surface area contributed by atoms with Gasteiger partial charge in [-0.15, -0.1) is 0 Å². The Morgan fingerprint density at radius 3 is 1.32 bits per heavy atom. The molecular formula is C32H30Br2N2O4. The largest absolute Gasteiger partial charge is 0.483 e. The number of para-hydroxylation sites is 2. The van der Waals surface area contributed by atoms with E-state index in [1.807, 2.05) is 111 Å². The van der Waals surface area contributed by atoms with Crippen LogP contribution < -0.4 is 19.3 Å². The average Bonchev–Trinajstić information content (AvgIpc) is 2.95. The molecule has 4 rings (SSSR count). The summed E-state index contributed by atoms with van der Waals surface area (Å²) in [5, 5.41) is 0. The van der Waals surface area contributed by atoms with E-state index in [1.54, 1.807) is 9.80 Å². The van der Waals surface area contributed by atoms with Gasteiger partial charge in [-0.25, -0.2) is 0 Å². The second-order valence-electron chi connectivity index (χ2n) is 9.16. The molecule has 4 aromatic carbocycles. The number of halogens is 2. The van der Waals surface area contributed by atoms with Crippen LogP contribution in [0.25, 0.3) is 0 Å². The summed E-state index contributed by atoms with van der Waals surface area (Å²) in [4.78, 5) is 30.2. The quantitative estimate of drug-likeness (QED) is 0.168. The van der Waals surface area contributed by atoms with Crippen LogP contribution in [0.1, 0.15) is 11.1 Å². The van der Waals surface area contributed by atoms with E-state index < -0.39 is 0 Å². The zero-order valence-corrected chi connectivity index (χ0v) is 25.5. The number of anilines is 2. The third-order valence-corrected chi connectivity index (χ3v) is 7.25. The third kappa shape index (κ3) is 7.96. The van der Waals surface area contributed by atoms with Crippen molar-refractivity contribution in [3.8, 4) is 11.5 Å². The predicted octanol–water partition coefficient (Wildman–Crippen LogP) is 7.35. The summed E-state index contributed by atoms with van der Waals surface area (Å²) >= 11 is 6.90. The minimum atomic E-state index is -0.212. The number of hydrogen-bond donors (Lipinski definition) is 0. The average molecular weight is 666 g/mol. The third-order valence-electron chi connectivity index (χ3n) is 6.26. The van der Waals surface area contributed by atoms with E-state index in [9.17, 15) is 9.59 Å². The van der Waals surface area contributed by atoms with Crippen LogP contribution in [0.5, 0.6) is 11.5 Å². The van der Waals surface area contributed by atoms with Crippen molar-refractivity contribution in [1.29, 1.82) is 0 Å². The highest BCUT2D eigenvalue weighted by molar-refractivity contribution is 9.10. The molecule has 8 heteroatoms. The van der Waals surface area contributed by atoms with Crippen molar-refractivity contribution < 1.29 is 19.1 Å². The fourth-order valence-corrected chi connectivity index (χ4v) is 5.15. The Kier molecular flexibility index (Phi) is 10.4. The Balaban J connectivity index is 1.50. The number of carbonyl (C=O) groups excluding carboxylic acids is 2. The van der Waals surface area contributed by atoms with Crippen LogP contribution in [0, 0.1) is 13.8 Å². The molecule has 0 N–H and O–H groups in total. The molecule has 0 aliphatic heterocycles. The summed E-state index contributed by atoms with van der Waals surface area (Å²) in [6.07, 6.45) is 0. The normalized spacial score (nSPS) is 10.6. The van der Waals surface area contributed by atoms with E-state index in [0.29, 0.717) is 11.5 Å². The smallest absolute Gasteiger partial charge is 0.264 e. The number of carbonyl (C=O) groups is 2. The molecule has 0 saturated heterocycles. The van der Waals surface area contributed by atoms with Crippen LogP contribution in [0.3, 0.4) is 0 Å². The van der Waals surface area contributed by atoms with Gasteiger partial charge in [0.1, 0.15) is 11.5 Å². The van der Waals surface area contributed by atoms with Crippen LogP contribution in [-0.2, 0) is 9.59 Å². The molecule has 4 aromatic rings. The molecule has 40 heavy (non-hydrogen) atoms. The second kappa shape index (κ2) is 14.1. The van der Waals surface area contributed by atoms with Gasteiger partial charge >= 0.3 is 0 Å². The first-order valence-corrected chi connectivity index (χ1v) is 14.4. The molecule has 0 heterocycles. The molecule has 0 saturated carbocycles. The van der Waals surface area contributed by atoms with Gasteiger partial charge in [-0.2, -0.15) is 0 Å². The SMILES string of the molecule is Cc1cc(Br)ccc1OCC(=O)N(CCN(C(=O)COc1ccc(Br)cc1C)c1ccccc1)c1ccccc1. The van der Waals surface area contributed by atoms with Crippen LogP contribution in [0.2, 0.25) is 0 Å². The van der Waals surface area contributed by atoms with E-state index in [4.69, 9.17) is 9.47 Å². The highest BCUT2D eigenvalue weighted by Crippen LogP contribution is 2.24. The van der Waals surface area contributed by atoms with Crippen molar-refractivity contribution in [3.05, 3.63) is 117 Å². The summed E-state index contributed by atoms with van der Waals surface area (Å²) in [5.41, 5.74) is 3.31. The van der Waals surface area contributed by atoms with Crippen molar-refractivity contribution in [3.63, 3.8) is 0 Å². The molecule has 6 nitrogen and oxygen atoms in total. The first kappa shape index (κ1) is 29.4. The molecule has 0 spiro atoms. The number of ether oxygens (including phenoxy) is 2. The maximum Gasteiger partial charge on any atom is 0.264 e. The zero-order valence-electron chi connectivity index (χ0n) is 22.3. The molecule has 2 amide bonds. The van der Waals surface area contributed by atoms with Gasteiger partial charge in [0.05, 0.1) is 0 Å². The van der Waals surface area contributed by atoms with Crippen molar-refractivity contribution in [1.82, 2.24) is 0 Å². The Bertz CT molecular complexity index is 1340. The zero-order chi connectivity index (χ0) is 28.5. The molecule has 206 valence electrons. The van der Waals surface area contributed by atoms with Gasteiger partial charge < -0.3 is 19.3 Å². The summed E-state index contributed by atoms with van der Waals surface area (Å²) < 4.78 is 13.7. The van der Waals surface area contributed by atoms with Crippen molar-refractivity contribution in [2.45, 2.75) is 13.8 Å². The van der Waals surface area contributed by atoms with Crippen LogP contribution in [0.4, 0.5) is 11.4 Å². The molecular weight excluding hydrogens is 636 g/mol.